The lowest BCUT2D eigenvalue weighted by Crippen LogP contribution is -2.28. The van der Waals surface area contributed by atoms with Crippen molar-refractivity contribution < 1.29 is 14.6 Å². The van der Waals surface area contributed by atoms with Crippen molar-refractivity contribution in [2.24, 2.45) is 0 Å². The molecular weight excluding hydrogens is 277 g/mol. The van der Waals surface area contributed by atoms with Crippen molar-refractivity contribution in [1.29, 1.82) is 0 Å². The van der Waals surface area contributed by atoms with E-state index in [-0.39, 0.29) is 12.5 Å². The maximum absolute atomic E-state index is 11.8. The number of hydrogen-bond donors (Lipinski definition) is 2. The van der Waals surface area contributed by atoms with Gasteiger partial charge in [-0.3, -0.25) is 4.79 Å². The van der Waals surface area contributed by atoms with Gasteiger partial charge in [0.05, 0.1) is 23.3 Å². The molecule has 1 atom stereocenters. The average molecular weight is 292 g/mol. The van der Waals surface area contributed by atoms with Crippen LogP contribution in [-0.2, 0) is 4.74 Å². The Morgan fingerprint density at radius 3 is 2.89 bits per heavy atom. The molecule has 1 aromatic rings. The highest BCUT2D eigenvalue weighted by Gasteiger charge is 2.11. The van der Waals surface area contributed by atoms with E-state index < -0.39 is 6.10 Å². The second-order valence-electron chi connectivity index (χ2n) is 3.78. The fourth-order valence-electron chi connectivity index (χ4n) is 1.39. The van der Waals surface area contributed by atoms with E-state index in [0.717, 1.165) is 0 Å². The van der Waals surface area contributed by atoms with E-state index in [2.05, 4.69) is 5.32 Å². The van der Waals surface area contributed by atoms with E-state index in [4.69, 9.17) is 27.9 Å². The van der Waals surface area contributed by atoms with Gasteiger partial charge in [0.25, 0.3) is 5.91 Å². The van der Waals surface area contributed by atoms with Gasteiger partial charge in [-0.05, 0) is 24.6 Å². The number of carbonyl (C=O) groups is 1. The summed E-state index contributed by atoms with van der Waals surface area (Å²) in [6.07, 6.45) is -0.178. The number of amides is 1. The Hall–Kier alpha value is -0.810. The van der Waals surface area contributed by atoms with E-state index >= 15 is 0 Å². The number of methoxy groups -OCH3 is 1. The minimum Gasteiger partial charge on any atom is -0.391 e. The fraction of sp³-hybridized carbons (Fsp3) is 0.417. The van der Waals surface area contributed by atoms with Crippen LogP contribution in [0.5, 0.6) is 0 Å². The van der Waals surface area contributed by atoms with Gasteiger partial charge >= 0.3 is 0 Å². The summed E-state index contributed by atoms with van der Waals surface area (Å²) in [5.74, 6) is -0.313. The molecule has 0 saturated carbocycles. The molecule has 6 heteroatoms. The van der Waals surface area contributed by atoms with E-state index in [1.54, 1.807) is 12.1 Å². The van der Waals surface area contributed by atoms with Gasteiger partial charge in [0, 0.05) is 18.7 Å². The molecule has 0 heterocycles. The molecule has 1 unspecified atom stereocenters. The molecule has 4 nitrogen and oxygen atoms in total. The van der Waals surface area contributed by atoms with Gasteiger partial charge in [0.1, 0.15) is 0 Å². The van der Waals surface area contributed by atoms with Crippen LogP contribution in [0.2, 0.25) is 10.0 Å². The Labute approximate surface area is 116 Å². The molecule has 0 aliphatic heterocycles. The van der Waals surface area contributed by atoms with Crippen LogP contribution in [0.15, 0.2) is 18.2 Å². The summed E-state index contributed by atoms with van der Waals surface area (Å²) in [6.45, 7) is 0.583. The summed E-state index contributed by atoms with van der Waals surface area (Å²) in [6, 6.07) is 4.69. The van der Waals surface area contributed by atoms with Crippen LogP contribution in [0, 0.1) is 0 Å². The molecule has 0 aliphatic rings. The predicted octanol–water partition coefficient (Wildman–Crippen LogP) is 2.12. The molecule has 18 heavy (non-hydrogen) atoms. The Balaban J connectivity index is 2.48. The lowest BCUT2D eigenvalue weighted by molar-refractivity contribution is 0.0587. The highest BCUT2D eigenvalue weighted by molar-refractivity contribution is 6.35. The topological polar surface area (TPSA) is 58.6 Å². The largest absolute Gasteiger partial charge is 0.391 e. The molecule has 0 saturated heterocycles. The number of ether oxygens (including phenoxy) is 1. The number of aliphatic hydroxyl groups is 1. The second kappa shape index (κ2) is 7.59. The van der Waals surface area contributed by atoms with Gasteiger partial charge in [0.2, 0.25) is 0 Å². The van der Waals surface area contributed by atoms with Crippen molar-refractivity contribution in [3.63, 3.8) is 0 Å². The smallest absolute Gasteiger partial charge is 0.252 e. The third kappa shape index (κ3) is 4.82. The molecule has 1 amide bonds. The van der Waals surface area contributed by atoms with Gasteiger partial charge < -0.3 is 15.2 Å². The van der Waals surface area contributed by atoms with Crippen LogP contribution in [0.3, 0.4) is 0 Å². The highest BCUT2D eigenvalue weighted by atomic mass is 35.5. The zero-order valence-corrected chi connectivity index (χ0v) is 11.5. The molecule has 2 N–H and O–H groups in total. The molecule has 0 aromatic heterocycles. The lowest BCUT2D eigenvalue weighted by atomic mass is 10.2. The van der Waals surface area contributed by atoms with E-state index in [1.807, 2.05) is 0 Å². The zero-order chi connectivity index (χ0) is 13.5. The van der Waals surface area contributed by atoms with Gasteiger partial charge in [-0.15, -0.1) is 0 Å². The van der Waals surface area contributed by atoms with Gasteiger partial charge in [-0.2, -0.15) is 0 Å². The van der Waals surface area contributed by atoms with Gasteiger partial charge in [0.15, 0.2) is 0 Å². The van der Waals surface area contributed by atoms with Crippen molar-refractivity contribution in [1.82, 2.24) is 5.32 Å². The standard InChI is InChI=1S/C12H15Cl2NO3/c1-18-7-9(16)4-5-15-12(17)10-6-8(13)2-3-11(10)14/h2-3,6,9,16H,4-5,7H2,1H3,(H,15,17). The molecule has 0 fully saturated rings. The number of aliphatic hydroxyl groups excluding tert-OH is 1. The third-order valence-electron chi connectivity index (χ3n) is 2.30. The molecule has 100 valence electrons. The first-order valence-corrected chi connectivity index (χ1v) is 6.20. The van der Waals surface area contributed by atoms with Crippen LogP contribution in [-0.4, -0.2) is 37.4 Å². The first-order valence-electron chi connectivity index (χ1n) is 5.45. The van der Waals surface area contributed by atoms with Crippen molar-refractivity contribution in [2.75, 3.05) is 20.3 Å². The summed E-state index contributed by atoms with van der Waals surface area (Å²) >= 11 is 11.7. The minimum absolute atomic E-state index is 0.244. The number of rotatable bonds is 6. The third-order valence-corrected chi connectivity index (χ3v) is 2.86. The van der Waals surface area contributed by atoms with Crippen molar-refractivity contribution >= 4 is 29.1 Å². The van der Waals surface area contributed by atoms with Gasteiger partial charge in [-0.1, -0.05) is 23.2 Å². The van der Waals surface area contributed by atoms with E-state index in [1.165, 1.54) is 13.2 Å². The SMILES string of the molecule is COCC(O)CCNC(=O)c1cc(Cl)ccc1Cl. The minimum atomic E-state index is -0.592. The summed E-state index contributed by atoms with van der Waals surface area (Å²) < 4.78 is 4.78. The molecule has 0 spiro atoms. The first-order chi connectivity index (χ1) is 8.54. The quantitative estimate of drug-likeness (QED) is 0.844. The maximum atomic E-state index is 11.8. The van der Waals surface area contributed by atoms with E-state index in [0.29, 0.717) is 28.6 Å². The first kappa shape index (κ1) is 15.2. The second-order valence-corrected chi connectivity index (χ2v) is 4.62. The van der Waals surface area contributed by atoms with Crippen LogP contribution >= 0.6 is 23.2 Å². The predicted molar refractivity (Wildman–Crippen MR) is 71.3 cm³/mol. The summed E-state index contributed by atoms with van der Waals surface area (Å²) in [5.41, 5.74) is 0.324. The number of nitrogens with one attached hydrogen (secondary N) is 1. The summed E-state index contributed by atoms with van der Waals surface area (Å²) in [5, 5.41) is 12.9. The lowest BCUT2D eigenvalue weighted by Gasteiger charge is -2.10. The Morgan fingerprint density at radius 2 is 2.22 bits per heavy atom. The Morgan fingerprint density at radius 1 is 1.50 bits per heavy atom. The summed E-state index contributed by atoms with van der Waals surface area (Å²) in [4.78, 5) is 11.8. The molecule has 0 bridgehead atoms. The van der Waals surface area contributed by atoms with Crippen LogP contribution in [0.1, 0.15) is 16.8 Å². The van der Waals surface area contributed by atoms with Gasteiger partial charge in [-0.25, -0.2) is 0 Å². The highest BCUT2D eigenvalue weighted by Crippen LogP contribution is 2.20. The van der Waals surface area contributed by atoms with Crippen LogP contribution in [0.25, 0.3) is 0 Å². The number of halogens is 2. The average Bonchev–Trinajstić information content (AvgIpc) is 2.32. The van der Waals surface area contributed by atoms with Crippen molar-refractivity contribution in [3.8, 4) is 0 Å². The molecule has 1 aromatic carbocycles. The van der Waals surface area contributed by atoms with Crippen LogP contribution in [0.4, 0.5) is 0 Å². The Bertz CT molecular complexity index is 412. The molecule has 1 rings (SSSR count). The van der Waals surface area contributed by atoms with Crippen molar-refractivity contribution in [2.45, 2.75) is 12.5 Å². The van der Waals surface area contributed by atoms with Crippen molar-refractivity contribution in [3.05, 3.63) is 33.8 Å². The molecule has 0 radical (unpaired) electrons. The monoisotopic (exact) mass is 291 g/mol. The summed E-state index contributed by atoms with van der Waals surface area (Å²) in [7, 11) is 1.51. The maximum Gasteiger partial charge on any atom is 0.252 e. The number of benzene rings is 1. The van der Waals surface area contributed by atoms with E-state index in [9.17, 15) is 9.90 Å². The number of carbonyl (C=O) groups excluding carboxylic acids is 1. The zero-order valence-electron chi connectivity index (χ0n) is 9.95. The number of hydrogen-bond acceptors (Lipinski definition) is 3. The molecule has 0 aliphatic carbocycles. The van der Waals surface area contributed by atoms with Crippen LogP contribution < -0.4 is 5.32 Å². The Kier molecular flexibility index (Phi) is 6.43. The fourth-order valence-corrected chi connectivity index (χ4v) is 1.77. The normalized spacial score (nSPS) is 12.2. The molecular formula is C12H15Cl2NO3.